The summed E-state index contributed by atoms with van der Waals surface area (Å²) < 4.78 is 5.37. The van der Waals surface area contributed by atoms with Crippen molar-refractivity contribution in [1.82, 2.24) is 10.3 Å². The van der Waals surface area contributed by atoms with Crippen LogP contribution in [0.25, 0.3) is 0 Å². The molecule has 0 bridgehead atoms. The van der Waals surface area contributed by atoms with Gasteiger partial charge in [0.25, 0.3) is 0 Å². The minimum Gasteiger partial charge on any atom is -0.378 e. The maximum Gasteiger partial charge on any atom is 0.225 e. The van der Waals surface area contributed by atoms with Crippen LogP contribution in [0.2, 0.25) is 0 Å². The minimum absolute atomic E-state index is 0.00743. The smallest absolute Gasteiger partial charge is 0.225 e. The molecule has 2 aliphatic heterocycles. The molecule has 25 heavy (non-hydrogen) atoms. The van der Waals surface area contributed by atoms with Crippen LogP contribution in [0, 0.1) is 19.3 Å². The number of terminal acetylenes is 1. The zero-order chi connectivity index (χ0) is 17.7. The number of aromatic nitrogens is 1. The van der Waals surface area contributed by atoms with Crippen LogP contribution in [-0.4, -0.2) is 49.4 Å². The van der Waals surface area contributed by atoms with Crippen LogP contribution in [0.4, 0.5) is 5.13 Å². The Labute approximate surface area is 151 Å². The molecule has 0 unspecified atom stereocenters. The van der Waals surface area contributed by atoms with Crippen molar-refractivity contribution in [3.63, 3.8) is 0 Å². The maximum atomic E-state index is 12.2. The van der Waals surface area contributed by atoms with Crippen LogP contribution in [-0.2, 0) is 16.0 Å². The Morgan fingerprint density at radius 1 is 1.40 bits per heavy atom. The molecule has 3 heterocycles. The minimum atomic E-state index is -0.344. The first-order valence-corrected chi connectivity index (χ1v) is 9.37. The molecule has 134 valence electrons. The fraction of sp³-hybridized carbons (Fsp3) is 0.647. The Balaban J connectivity index is 1.45. The first-order valence-electron chi connectivity index (χ1n) is 8.55. The van der Waals surface area contributed by atoms with E-state index in [1.165, 1.54) is 0 Å². The predicted molar refractivity (Wildman–Crippen MR) is 96.9 cm³/mol. The van der Waals surface area contributed by atoms with Gasteiger partial charge in [0.2, 0.25) is 5.91 Å². The number of rotatable bonds is 8. The Hall–Kier alpha value is -1.98. The zero-order valence-electron chi connectivity index (χ0n) is 14.5. The van der Waals surface area contributed by atoms with Crippen molar-refractivity contribution >= 4 is 22.4 Å². The van der Waals surface area contributed by atoms with Gasteiger partial charge in [0.05, 0.1) is 25.3 Å². The summed E-state index contributed by atoms with van der Waals surface area (Å²) in [5.74, 6) is 2.61. The van der Waals surface area contributed by atoms with Crippen molar-refractivity contribution in [2.75, 3.05) is 37.7 Å². The number of thiazole rings is 1. The second kappa shape index (κ2) is 7.93. The molecule has 0 aromatic carbocycles. The van der Waals surface area contributed by atoms with Crippen LogP contribution < -0.4 is 10.2 Å². The van der Waals surface area contributed by atoms with Gasteiger partial charge in [-0.3, -0.25) is 4.79 Å². The summed E-state index contributed by atoms with van der Waals surface area (Å²) in [6, 6.07) is 0. The number of anilines is 1. The Morgan fingerprint density at radius 3 is 2.84 bits per heavy atom. The molecular formula is C17H23N5O2S. The average molecular weight is 361 g/mol. The lowest BCUT2D eigenvalue weighted by atomic mass is 10.0. The third kappa shape index (κ3) is 4.77. The van der Waals surface area contributed by atoms with Gasteiger partial charge in [-0.1, -0.05) is 0 Å². The number of nitrogens with one attached hydrogen (secondary N) is 1. The molecule has 1 aromatic rings. The largest absolute Gasteiger partial charge is 0.378 e. The van der Waals surface area contributed by atoms with Crippen molar-refractivity contribution in [3.05, 3.63) is 10.6 Å². The molecule has 0 saturated carbocycles. The SMILES string of the molecule is C#CCCC1(CCNC(=O)Cc2sc(N3CCOCC3)nc2C)N=N1. The van der Waals surface area contributed by atoms with Gasteiger partial charge in [-0.2, -0.15) is 10.2 Å². The summed E-state index contributed by atoms with van der Waals surface area (Å²) in [5, 5.41) is 12.1. The number of ether oxygens (including phenoxy) is 1. The van der Waals surface area contributed by atoms with Crippen LogP contribution in [0.5, 0.6) is 0 Å². The average Bonchev–Trinajstić information content (AvgIpc) is 3.30. The quantitative estimate of drug-likeness (QED) is 0.718. The number of hydrogen-bond acceptors (Lipinski definition) is 7. The molecule has 0 spiro atoms. The monoisotopic (exact) mass is 361 g/mol. The van der Waals surface area contributed by atoms with E-state index in [0.717, 1.165) is 48.4 Å². The Morgan fingerprint density at radius 2 is 2.16 bits per heavy atom. The van der Waals surface area contributed by atoms with E-state index in [2.05, 4.69) is 31.3 Å². The fourth-order valence-electron chi connectivity index (χ4n) is 2.75. The number of carbonyl (C=O) groups excluding carboxylic acids is 1. The van der Waals surface area contributed by atoms with Crippen molar-refractivity contribution in [2.45, 2.75) is 38.3 Å². The van der Waals surface area contributed by atoms with Gasteiger partial charge in [-0.05, 0) is 6.92 Å². The highest BCUT2D eigenvalue weighted by Crippen LogP contribution is 2.36. The molecule has 1 saturated heterocycles. The highest BCUT2D eigenvalue weighted by Gasteiger charge is 2.38. The van der Waals surface area contributed by atoms with Gasteiger partial charge in [0, 0.05) is 43.8 Å². The normalized spacial score (nSPS) is 18.0. The third-order valence-electron chi connectivity index (χ3n) is 4.38. The first-order chi connectivity index (χ1) is 12.1. The van der Waals surface area contributed by atoms with E-state index in [0.29, 0.717) is 25.8 Å². The maximum absolute atomic E-state index is 12.2. The fourth-order valence-corrected chi connectivity index (χ4v) is 3.86. The first kappa shape index (κ1) is 17.8. The topological polar surface area (TPSA) is 79.2 Å². The number of nitrogens with zero attached hydrogens (tertiary/aromatic N) is 4. The van der Waals surface area contributed by atoms with Gasteiger partial charge in [0.1, 0.15) is 0 Å². The summed E-state index contributed by atoms with van der Waals surface area (Å²) in [4.78, 5) is 20.1. The van der Waals surface area contributed by atoms with Crippen LogP contribution in [0.15, 0.2) is 10.2 Å². The molecule has 7 nitrogen and oxygen atoms in total. The van der Waals surface area contributed by atoms with Crippen molar-refractivity contribution < 1.29 is 9.53 Å². The van der Waals surface area contributed by atoms with Gasteiger partial charge >= 0.3 is 0 Å². The lowest BCUT2D eigenvalue weighted by Crippen LogP contribution is -2.36. The van der Waals surface area contributed by atoms with E-state index in [1.54, 1.807) is 11.3 Å². The zero-order valence-corrected chi connectivity index (χ0v) is 15.3. The van der Waals surface area contributed by atoms with E-state index in [9.17, 15) is 4.79 Å². The van der Waals surface area contributed by atoms with Crippen LogP contribution in [0.3, 0.4) is 0 Å². The molecule has 1 aromatic heterocycles. The highest BCUT2D eigenvalue weighted by molar-refractivity contribution is 7.15. The van der Waals surface area contributed by atoms with Gasteiger partial charge in [-0.25, -0.2) is 4.98 Å². The summed E-state index contributed by atoms with van der Waals surface area (Å²) >= 11 is 1.60. The molecule has 2 aliphatic rings. The molecule has 1 N–H and O–H groups in total. The molecule has 1 amide bonds. The van der Waals surface area contributed by atoms with Crippen molar-refractivity contribution in [2.24, 2.45) is 10.2 Å². The van der Waals surface area contributed by atoms with Crippen LogP contribution >= 0.6 is 11.3 Å². The molecular weight excluding hydrogens is 338 g/mol. The molecule has 8 heteroatoms. The van der Waals surface area contributed by atoms with E-state index in [4.69, 9.17) is 11.2 Å². The molecule has 0 radical (unpaired) electrons. The number of morpholine rings is 1. The van der Waals surface area contributed by atoms with Gasteiger partial charge in [0.15, 0.2) is 10.8 Å². The standard InChI is InChI=1S/C17H23N5O2S/c1-3-4-5-17(20-21-17)6-7-18-15(23)12-14-13(2)19-16(25-14)22-8-10-24-11-9-22/h1H,4-12H2,2H3,(H,18,23). The molecule has 0 atom stereocenters. The summed E-state index contributed by atoms with van der Waals surface area (Å²) in [7, 11) is 0. The van der Waals surface area contributed by atoms with E-state index in [1.807, 2.05) is 6.92 Å². The lowest BCUT2D eigenvalue weighted by molar-refractivity contribution is -0.120. The van der Waals surface area contributed by atoms with Crippen molar-refractivity contribution in [3.8, 4) is 12.3 Å². The Kier molecular flexibility index (Phi) is 5.66. The van der Waals surface area contributed by atoms with Crippen LogP contribution in [0.1, 0.15) is 29.8 Å². The molecule has 0 aliphatic carbocycles. The second-order valence-corrected chi connectivity index (χ2v) is 7.33. The van der Waals surface area contributed by atoms with Gasteiger partial charge < -0.3 is 15.0 Å². The van der Waals surface area contributed by atoms with E-state index >= 15 is 0 Å². The molecule has 1 fully saturated rings. The summed E-state index contributed by atoms with van der Waals surface area (Å²) in [6.07, 6.45) is 7.77. The highest BCUT2D eigenvalue weighted by atomic mass is 32.1. The van der Waals surface area contributed by atoms with Gasteiger partial charge in [-0.15, -0.1) is 23.7 Å². The second-order valence-electron chi connectivity index (χ2n) is 6.27. The number of amides is 1. The number of carbonyl (C=O) groups is 1. The third-order valence-corrected chi connectivity index (χ3v) is 5.60. The summed E-state index contributed by atoms with van der Waals surface area (Å²) in [5.41, 5.74) is 0.586. The Bertz CT molecular complexity index is 682. The van der Waals surface area contributed by atoms with Crippen molar-refractivity contribution in [1.29, 1.82) is 0 Å². The number of aryl methyl sites for hydroxylation is 1. The van der Waals surface area contributed by atoms with E-state index < -0.39 is 0 Å². The van der Waals surface area contributed by atoms with E-state index in [-0.39, 0.29) is 11.6 Å². The predicted octanol–water partition coefficient (Wildman–Crippen LogP) is 1.91. The summed E-state index contributed by atoms with van der Waals surface area (Å²) in [6.45, 7) is 5.68. The number of hydrogen-bond donors (Lipinski definition) is 1. The molecule has 3 rings (SSSR count). The lowest BCUT2D eigenvalue weighted by Gasteiger charge is -2.26.